The van der Waals surface area contributed by atoms with Crippen molar-refractivity contribution in [2.75, 3.05) is 20.1 Å². The second-order valence-corrected chi connectivity index (χ2v) is 8.08. The minimum atomic E-state index is -0.460. The highest BCUT2D eigenvalue weighted by Gasteiger charge is 2.26. The first kappa shape index (κ1) is 22.2. The molecule has 0 atom stereocenters. The van der Waals surface area contributed by atoms with E-state index in [0.717, 1.165) is 44.3 Å². The maximum absolute atomic E-state index is 12.9. The molecule has 2 aromatic rings. The Kier molecular flexibility index (Phi) is 7.10. The fourth-order valence-electron chi connectivity index (χ4n) is 3.93. The highest BCUT2D eigenvalue weighted by atomic mass is 35.5. The normalized spacial score (nSPS) is 15.5. The number of nitrogens with one attached hydrogen (secondary N) is 2. The van der Waals surface area contributed by atoms with E-state index in [0.29, 0.717) is 24.4 Å². The van der Waals surface area contributed by atoms with E-state index in [1.54, 1.807) is 6.20 Å². The van der Waals surface area contributed by atoms with Gasteiger partial charge in [0.1, 0.15) is 5.56 Å². The third-order valence-corrected chi connectivity index (χ3v) is 5.82. The van der Waals surface area contributed by atoms with Gasteiger partial charge in [-0.15, -0.1) is 12.4 Å². The highest BCUT2D eigenvalue weighted by molar-refractivity contribution is 6.00. The Morgan fingerprint density at radius 3 is 2.57 bits per heavy atom. The van der Waals surface area contributed by atoms with Gasteiger partial charge in [-0.3, -0.25) is 14.4 Å². The first-order valence-electron chi connectivity index (χ1n) is 10.4. The van der Waals surface area contributed by atoms with Crippen LogP contribution in [-0.2, 0) is 19.4 Å². The molecule has 2 N–H and O–H groups in total. The summed E-state index contributed by atoms with van der Waals surface area (Å²) in [5.74, 6) is -0.0123. The predicted molar refractivity (Wildman–Crippen MR) is 119 cm³/mol. The van der Waals surface area contributed by atoms with Crippen LogP contribution in [0.3, 0.4) is 0 Å². The molecule has 0 unspecified atom stereocenters. The second-order valence-electron chi connectivity index (χ2n) is 8.08. The third-order valence-electron chi connectivity index (χ3n) is 5.82. The summed E-state index contributed by atoms with van der Waals surface area (Å²) in [6, 6.07) is 7.76. The number of fused-ring (bicyclic) bond motifs is 1. The summed E-state index contributed by atoms with van der Waals surface area (Å²) in [6.45, 7) is 2.27. The molecule has 0 bridgehead atoms. The number of carbonyl (C=O) groups is 2. The number of pyridine rings is 1. The van der Waals surface area contributed by atoms with Crippen molar-refractivity contribution < 1.29 is 9.59 Å². The van der Waals surface area contributed by atoms with Gasteiger partial charge < -0.3 is 15.2 Å². The zero-order valence-corrected chi connectivity index (χ0v) is 18.0. The number of nitrogens with zero attached hydrogens (tertiary/aromatic N) is 1. The van der Waals surface area contributed by atoms with E-state index >= 15 is 0 Å². The Bertz CT molecular complexity index is 1010. The first-order valence-corrected chi connectivity index (χ1v) is 10.4. The van der Waals surface area contributed by atoms with Crippen molar-refractivity contribution in [2.24, 2.45) is 5.92 Å². The molecule has 0 spiro atoms. The molecular formula is C23H28ClN3O3. The molecule has 0 saturated heterocycles. The fraction of sp³-hybridized carbons (Fsp3) is 0.435. The van der Waals surface area contributed by atoms with Gasteiger partial charge in [-0.05, 0) is 67.4 Å². The lowest BCUT2D eigenvalue weighted by Gasteiger charge is -2.13. The Morgan fingerprint density at radius 1 is 1.13 bits per heavy atom. The zero-order valence-electron chi connectivity index (χ0n) is 17.2. The molecule has 7 heteroatoms. The number of benzene rings is 1. The molecule has 1 aliphatic heterocycles. The Morgan fingerprint density at radius 2 is 1.87 bits per heavy atom. The van der Waals surface area contributed by atoms with Gasteiger partial charge in [0.2, 0.25) is 0 Å². The number of amides is 1. The Hall–Kier alpha value is -2.44. The predicted octanol–water partition coefficient (Wildman–Crippen LogP) is 2.35. The van der Waals surface area contributed by atoms with Gasteiger partial charge in [0.05, 0.1) is 6.54 Å². The molecule has 160 valence electrons. The minimum absolute atomic E-state index is 0. The molecule has 1 amide bonds. The van der Waals surface area contributed by atoms with Crippen LogP contribution in [-0.4, -0.2) is 36.4 Å². The Labute approximate surface area is 182 Å². The third kappa shape index (κ3) is 4.99. The minimum Gasteiger partial charge on any atom is -0.355 e. The smallest absolute Gasteiger partial charge is 0.263 e. The maximum atomic E-state index is 12.9. The van der Waals surface area contributed by atoms with Gasteiger partial charge in [0.25, 0.3) is 11.5 Å². The molecule has 1 saturated carbocycles. The van der Waals surface area contributed by atoms with Crippen LogP contribution in [0.1, 0.15) is 56.7 Å². The van der Waals surface area contributed by atoms with Gasteiger partial charge in [-0.2, -0.15) is 0 Å². The van der Waals surface area contributed by atoms with E-state index < -0.39 is 5.91 Å². The molecule has 1 aromatic heterocycles. The standard InChI is InChI=1S/C23H27N3O3.ClH/c1-24-22(28)20-12-19(21(27)11-15-2-3-15)14-26(23(20)29)13-16-4-5-17-6-8-25-9-7-18(17)10-16;/h4-5,10,12,14-15,25H,2-3,6-9,11,13H2,1H3,(H,24,28);1H. The van der Waals surface area contributed by atoms with Crippen LogP contribution in [0.5, 0.6) is 0 Å². The van der Waals surface area contributed by atoms with Gasteiger partial charge >= 0.3 is 0 Å². The highest BCUT2D eigenvalue weighted by Crippen LogP contribution is 2.33. The number of halogens is 1. The number of carbonyl (C=O) groups excluding carboxylic acids is 2. The molecular weight excluding hydrogens is 402 g/mol. The quantitative estimate of drug-likeness (QED) is 0.691. The molecule has 2 aliphatic rings. The van der Waals surface area contributed by atoms with E-state index in [2.05, 4.69) is 22.8 Å². The van der Waals surface area contributed by atoms with Crippen LogP contribution in [0.15, 0.2) is 35.3 Å². The summed E-state index contributed by atoms with van der Waals surface area (Å²) in [6.07, 6.45) is 6.22. The van der Waals surface area contributed by atoms with Crippen molar-refractivity contribution >= 4 is 24.1 Å². The average molecular weight is 430 g/mol. The number of ketones is 1. The van der Waals surface area contributed by atoms with E-state index in [4.69, 9.17) is 0 Å². The molecule has 1 aromatic carbocycles. The lowest BCUT2D eigenvalue weighted by molar-refractivity contribution is 0.0961. The molecule has 1 fully saturated rings. The Balaban J connectivity index is 0.00000256. The van der Waals surface area contributed by atoms with Crippen LogP contribution in [0.25, 0.3) is 0 Å². The van der Waals surface area contributed by atoms with Crippen LogP contribution in [0, 0.1) is 5.92 Å². The fourth-order valence-corrected chi connectivity index (χ4v) is 3.93. The van der Waals surface area contributed by atoms with Crippen LogP contribution >= 0.6 is 12.4 Å². The van der Waals surface area contributed by atoms with E-state index in [1.807, 2.05) is 6.07 Å². The second kappa shape index (κ2) is 9.58. The maximum Gasteiger partial charge on any atom is 0.263 e. The lowest BCUT2D eigenvalue weighted by atomic mass is 10.00. The van der Waals surface area contributed by atoms with Crippen LogP contribution < -0.4 is 16.2 Å². The summed E-state index contributed by atoms with van der Waals surface area (Å²) >= 11 is 0. The lowest BCUT2D eigenvalue weighted by Crippen LogP contribution is -2.32. The van der Waals surface area contributed by atoms with Crippen molar-refractivity contribution in [3.8, 4) is 0 Å². The summed E-state index contributed by atoms with van der Waals surface area (Å²) in [4.78, 5) is 37.8. The van der Waals surface area contributed by atoms with Gasteiger partial charge in [-0.1, -0.05) is 18.2 Å². The summed E-state index contributed by atoms with van der Waals surface area (Å²) in [7, 11) is 1.49. The molecule has 0 radical (unpaired) electrons. The topological polar surface area (TPSA) is 80.2 Å². The molecule has 6 nitrogen and oxygen atoms in total. The molecule has 2 heterocycles. The van der Waals surface area contributed by atoms with Gasteiger partial charge in [-0.25, -0.2) is 0 Å². The van der Waals surface area contributed by atoms with Crippen LogP contribution in [0.4, 0.5) is 0 Å². The van der Waals surface area contributed by atoms with E-state index in [-0.39, 0.29) is 29.3 Å². The number of rotatable bonds is 6. The SMILES string of the molecule is CNC(=O)c1cc(C(=O)CC2CC2)cn(Cc2ccc3c(c2)CCNCC3)c1=O.Cl. The van der Waals surface area contributed by atoms with Crippen molar-refractivity contribution in [1.82, 2.24) is 15.2 Å². The first-order chi connectivity index (χ1) is 14.0. The molecule has 1 aliphatic carbocycles. The van der Waals surface area contributed by atoms with Crippen molar-refractivity contribution in [3.05, 3.63) is 68.6 Å². The largest absolute Gasteiger partial charge is 0.355 e. The zero-order chi connectivity index (χ0) is 20.4. The summed E-state index contributed by atoms with van der Waals surface area (Å²) in [5, 5.41) is 5.91. The molecule has 30 heavy (non-hydrogen) atoms. The number of hydrogen-bond acceptors (Lipinski definition) is 4. The monoisotopic (exact) mass is 429 g/mol. The van der Waals surface area contributed by atoms with Crippen molar-refractivity contribution in [2.45, 2.75) is 38.6 Å². The van der Waals surface area contributed by atoms with Gasteiger partial charge in [0, 0.05) is 25.2 Å². The van der Waals surface area contributed by atoms with E-state index in [9.17, 15) is 14.4 Å². The van der Waals surface area contributed by atoms with E-state index in [1.165, 1.54) is 28.8 Å². The summed E-state index contributed by atoms with van der Waals surface area (Å²) < 4.78 is 1.50. The van der Waals surface area contributed by atoms with Crippen LogP contribution in [0.2, 0.25) is 0 Å². The average Bonchev–Trinajstić information content (AvgIpc) is 3.55. The van der Waals surface area contributed by atoms with Crippen molar-refractivity contribution in [1.29, 1.82) is 0 Å². The number of hydrogen-bond donors (Lipinski definition) is 2. The number of Topliss-reactive ketones (excluding diaryl/α,β-unsaturated/α-hetero) is 1. The number of aromatic nitrogens is 1. The van der Waals surface area contributed by atoms with Crippen molar-refractivity contribution in [3.63, 3.8) is 0 Å². The molecule has 4 rings (SSSR count). The van der Waals surface area contributed by atoms with Gasteiger partial charge in [0.15, 0.2) is 5.78 Å². The summed E-state index contributed by atoms with van der Waals surface area (Å²) in [5.41, 5.74) is 3.73.